The fraction of sp³-hybridized carbons (Fsp3) is 0. The van der Waals surface area contributed by atoms with Crippen molar-refractivity contribution in [2.75, 3.05) is 0 Å². The topological polar surface area (TPSA) is 66.8 Å². The molecule has 3 aromatic rings. The van der Waals surface area contributed by atoms with Crippen LogP contribution in [0.3, 0.4) is 0 Å². The largest absolute Gasteiger partial charge is 0.508 e. The van der Waals surface area contributed by atoms with Crippen LogP contribution >= 0.6 is 27.3 Å². The van der Waals surface area contributed by atoms with E-state index in [1.807, 2.05) is 6.07 Å². The number of fused-ring (bicyclic) bond motifs is 1. The van der Waals surface area contributed by atoms with Crippen LogP contribution in [0, 0.1) is 0 Å². The van der Waals surface area contributed by atoms with Crippen molar-refractivity contribution in [2.24, 2.45) is 0 Å². The Balaban J connectivity index is 1.87. The van der Waals surface area contributed by atoms with Crippen LogP contribution < -0.4 is 4.74 Å². The molecule has 2 N–H and O–H groups in total. The van der Waals surface area contributed by atoms with Crippen molar-refractivity contribution in [2.45, 2.75) is 0 Å². The zero-order valence-electron chi connectivity index (χ0n) is 11.7. The van der Waals surface area contributed by atoms with E-state index in [9.17, 15) is 9.90 Å². The highest BCUT2D eigenvalue weighted by Crippen LogP contribution is 2.44. The highest BCUT2D eigenvalue weighted by atomic mass is 79.9. The molecule has 0 amide bonds. The predicted molar refractivity (Wildman–Crippen MR) is 94.4 cm³/mol. The van der Waals surface area contributed by atoms with E-state index in [0.29, 0.717) is 11.5 Å². The van der Waals surface area contributed by atoms with Crippen molar-refractivity contribution in [3.05, 3.63) is 57.9 Å². The maximum absolute atomic E-state index is 10.5. The number of carboxylic acid groups (broad SMARTS) is 1. The van der Waals surface area contributed by atoms with Gasteiger partial charge in [0.2, 0.25) is 0 Å². The van der Waals surface area contributed by atoms with Crippen LogP contribution in [-0.4, -0.2) is 16.2 Å². The van der Waals surface area contributed by atoms with E-state index in [1.54, 1.807) is 36.4 Å². The van der Waals surface area contributed by atoms with Gasteiger partial charge in [0.05, 0.1) is 0 Å². The summed E-state index contributed by atoms with van der Waals surface area (Å²) in [5.74, 6) is 0.569. The van der Waals surface area contributed by atoms with Gasteiger partial charge in [-0.3, -0.25) is 0 Å². The third kappa shape index (κ3) is 3.55. The van der Waals surface area contributed by atoms with Gasteiger partial charge in [-0.2, -0.15) is 0 Å². The van der Waals surface area contributed by atoms with Crippen LogP contribution in [0.5, 0.6) is 17.2 Å². The van der Waals surface area contributed by atoms with E-state index in [0.717, 1.165) is 25.5 Å². The number of thiophene rings is 1. The lowest BCUT2D eigenvalue weighted by atomic mass is 10.2. The number of hydrogen-bond donors (Lipinski definition) is 2. The van der Waals surface area contributed by atoms with Crippen molar-refractivity contribution >= 4 is 49.4 Å². The molecular formula is C17H11BrO4S. The number of aliphatic carboxylic acids is 1. The maximum Gasteiger partial charge on any atom is 0.328 e. The second kappa shape index (κ2) is 6.44. The number of aromatic hydroxyl groups is 1. The van der Waals surface area contributed by atoms with E-state index >= 15 is 0 Å². The Hall–Kier alpha value is -2.31. The summed E-state index contributed by atoms with van der Waals surface area (Å²) in [6, 6.07) is 12.2. The van der Waals surface area contributed by atoms with E-state index < -0.39 is 5.97 Å². The Labute approximate surface area is 144 Å². The number of benzene rings is 2. The SMILES string of the molecule is O=C(O)/C=C/c1ccc(Oc2c(Br)sc3cc(O)ccc23)cc1. The fourth-order valence-corrected chi connectivity index (χ4v) is 3.76. The first-order valence-electron chi connectivity index (χ1n) is 6.63. The third-order valence-corrected chi connectivity index (χ3v) is 4.87. The molecule has 0 spiro atoms. The molecular weight excluding hydrogens is 380 g/mol. The van der Waals surface area contributed by atoms with Crippen molar-refractivity contribution in [1.29, 1.82) is 0 Å². The Kier molecular flexibility index (Phi) is 4.36. The second-order valence-electron chi connectivity index (χ2n) is 4.73. The first kappa shape index (κ1) is 15.6. The summed E-state index contributed by atoms with van der Waals surface area (Å²) < 4.78 is 7.69. The lowest BCUT2D eigenvalue weighted by Crippen LogP contribution is -1.86. The summed E-state index contributed by atoms with van der Waals surface area (Å²) in [7, 11) is 0. The second-order valence-corrected chi connectivity index (χ2v) is 7.10. The summed E-state index contributed by atoms with van der Waals surface area (Å²) in [5, 5.41) is 19.1. The van der Waals surface area contributed by atoms with Crippen molar-refractivity contribution in [3.63, 3.8) is 0 Å². The van der Waals surface area contributed by atoms with E-state index in [1.165, 1.54) is 17.4 Å². The smallest absolute Gasteiger partial charge is 0.328 e. The molecule has 0 radical (unpaired) electrons. The van der Waals surface area contributed by atoms with Gasteiger partial charge in [-0.1, -0.05) is 12.1 Å². The Bertz CT molecular complexity index is 897. The van der Waals surface area contributed by atoms with Crippen molar-refractivity contribution in [1.82, 2.24) is 0 Å². The highest BCUT2D eigenvalue weighted by Gasteiger charge is 2.13. The van der Waals surface area contributed by atoms with Gasteiger partial charge in [0.1, 0.15) is 15.3 Å². The van der Waals surface area contributed by atoms with Gasteiger partial charge in [0.25, 0.3) is 0 Å². The summed E-state index contributed by atoms with van der Waals surface area (Å²) >= 11 is 4.96. The minimum atomic E-state index is -0.984. The van der Waals surface area contributed by atoms with Crippen LogP contribution in [0.15, 0.2) is 52.3 Å². The normalized spacial score (nSPS) is 11.2. The molecule has 0 fully saturated rings. The van der Waals surface area contributed by atoms with Crippen molar-refractivity contribution < 1.29 is 19.7 Å². The minimum Gasteiger partial charge on any atom is -0.508 e. The summed E-state index contributed by atoms with van der Waals surface area (Å²) in [6.45, 7) is 0. The molecule has 0 aliphatic carbocycles. The van der Waals surface area contributed by atoms with E-state index in [-0.39, 0.29) is 5.75 Å². The number of ether oxygens (including phenoxy) is 1. The van der Waals surface area contributed by atoms with Crippen LogP contribution in [-0.2, 0) is 4.79 Å². The lowest BCUT2D eigenvalue weighted by molar-refractivity contribution is -0.131. The molecule has 116 valence electrons. The molecule has 4 nitrogen and oxygen atoms in total. The predicted octanol–water partition coefficient (Wildman–Crippen LogP) is 5.26. The molecule has 0 aliphatic rings. The van der Waals surface area contributed by atoms with Crippen LogP contribution in [0.1, 0.15) is 5.56 Å². The number of phenolic OH excluding ortho intramolecular Hbond substituents is 1. The number of hydrogen-bond acceptors (Lipinski definition) is 4. The number of rotatable bonds is 4. The molecule has 2 aromatic carbocycles. The van der Waals surface area contributed by atoms with Gasteiger partial charge in [0, 0.05) is 16.2 Å². The molecule has 0 atom stereocenters. The average molecular weight is 391 g/mol. The first-order chi connectivity index (χ1) is 11.0. The average Bonchev–Trinajstić information content (AvgIpc) is 2.81. The number of carboxylic acids is 1. The van der Waals surface area contributed by atoms with Gasteiger partial charge < -0.3 is 14.9 Å². The zero-order valence-corrected chi connectivity index (χ0v) is 14.1. The molecule has 23 heavy (non-hydrogen) atoms. The molecule has 0 saturated heterocycles. The molecule has 0 aliphatic heterocycles. The summed E-state index contributed by atoms with van der Waals surface area (Å²) in [4.78, 5) is 10.5. The molecule has 1 heterocycles. The zero-order chi connectivity index (χ0) is 16.4. The van der Waals surface area contributed by atoms with Crippen molar-refractivity contribution in [3.8, 4) is 17.2 Å². The summed E-state index contributed by atoms with van der Waals surface area (Å²) in [5.41, 5.74) is 0.777. The molecule has 6 heteroatoms. The molecule has 3 rings (SSSR count). The molecule has 1 aromatic heterocycles. The van der Waals surface area contributed by atoms with Crippen LogP contribution in [0.4, 0.5) is 0 Å². The molecule has 0 saturated carbocycles. The fourth-order valence-electron chi connectivity index (χ4n) is 2.06. The maximum atomic E-state index is 10.5. The Morgan fingerprint density at radius 3 is 2.61 bits per heavy atom. The van der Waals surface area contributed by atoms with Crippen LogP contribution in [0.25, 0.3) is 16.2 Å². The van der Waals surface area contributed by atoms with Gasteiger partial charge in [-0.05, 0) is 57.9 Å². The van der Waals surface area contributed by atoms with E-state index in [4.69, 9.17) is 9.84 Å². The van der Waals surface area contributed by atoms with Gasteiger partial charge in [-0.25, -0.2) is 4.79 Å². The first-order valence-corrected chi connectivity index (χ1v) is 8.24. The highest BCUT2D eigenvalue weighted by molar-refractivity contribution is 9.11. The number of phenols is 1. The summed E-state index contributed by atoms with van der Waals surface area (Å²) in [6.07, 6.45) is 2.61. The third-order valence-electron chi connectivity index (χ3n) is 3.11. The standard InChI is InChI=1S/C17H11BrO4S/c18-17-16(13-7-4-11(19)9-14(13)23-17)22-12-5-1-10(2-6-12)3-8-15(20)21/h1-9,19H,(H,20,21)/b8-3+. The van der Waals surface area contributed by atoms with Gasteiger partial charge >= 0.3 is 5.97 Å². The number of carbonyl (C=O) groups is 1. The monoisotopic (exact) mass is 390 g/mol. The van der Waals surface area contributed by atoms with E-state index in [2.05, 4.69) is 15.9 Å². The molecule has 0 bridgehead atoms. The molecule has 0 unspecified atom stereocenters. The van der Waals surface area contributed by atoms with Crippen LogP contribution in [0.2, 0.25) is 0 Å². The quantitative estimate of drug-likeness (QED) is 0.596. The minimum absolute atomic E-state index is 0.215. The van der Waals surface area contributed by atoms with Gasteiger partial charge in [-0.15, -0.1) is 11.3 Å². The Morgan fingerprint density at radius 2 is 1.91 bits per heavy atom. The van der Waals surface area contributed by atoms with Gasteiger partial charge in [0.15, 0.2) is 5.75 Å². The number of halogens is 1. The lowest BCUT2D eigenvalue weighted by Gasteiger charge is -2.06. The Morgan fingerprint density at radius 1 is 1.17 bits per heavy atom.